The Labute approximate surface area is 84.1 Å². The van der Waals surface area contributed by atoms with Crippen LogP contribution in [0.1, 0.15) is 10.0 Å². The van der Waals surface area contributed by atoms with Crippen LogP contribution in [0, 0.1) is 6.92 Å². The van der Waals surface area contributed by atoms with Gasteiger partial charge in [0.2, 0.25) is 0 Å². The minimum Gasteiger partial charge on any atom is -0.292 e. The molecule has 0 aliphatic heterocycles. The summed E-state index contributed by atoms with van der Waals surface area (Å²) in [6.07, 6.45) is 3.16. The molecule has 2 aromatic heterocycles. The summed E-state index contributed by atoms with van der Waals surface area (Å²) in [6.45, 7) is 2.32. The zero-order chi connectivity index (χ0) is 9.97. The van der Waals surface area contributed by atoms with Crippen molar-refractivity contribution >= 4 is 11.3 Å². The van der Waals surface area contributed by atoms with Crippen LogP contribution in [-0.4, -0.2) is 19.7 Å². The lowest BCUT2D eigenvalue weighted by atomic mass is 10.6. The SMILES string of the molecule is Cc1nnc(Cn2cccnc2=O)s1. The zero-order valence-electron chi connectivity index (χ0n) is 7.54. The van der Waals surface area contributed by atoms with Gasteiger partial charge >= 0.3 is 5.69 Å². The number of rotatable bonds is 2. The summed E-state index contributed by atoms with van der Waals surface area (Å²) in [6, 6.07) is 1.72. The van der Waals surface area contributed by atoms with Crippen molar-refractivity contribution < 1.29 is 0 Å². The van der Waals surface area contributed by atoms with Crippen LogP contribution in [0.5, 0.6) is 0 Å². The lowest BCUT2D eigenvalue weighted by Gasteiger charge is -1.98. The average molecular weight is 208 g/mol. The highest BCUT2D eigenvalue weighted by Gasteiger charge is 2.02. The molecule has 0 saturated carbocycles. The van der Waals surface area contributed by atoms with Crippen LogP contribution in [0.4, 0.5) is 0 Å². The van der Waals surface area contributed by atoms with Gasteiger partial charge in [-0.1, -0.05) is 11.3 Å². The third-order valence-corrected chi connectivity index (χ3v) is 2.48. The van der Waals surface area contributed by atoms with E-state index in [-0.39, 0.29) is 5.69 Å². The first-order chi connectivity index (χ1) is 6.75. The summed E-state index contributed by atoms with van der Waals surface area (Å²) in [5, 5.41) is 9.53. The quantitative estimate of drug-likeness (QED) is 0.719. The van der Waals surface area contributed by atoms with Gasteiger partial charge in [-0.3, -0.25) is 4.57 Å². The van der Waals surface area contributed by atoms with Crippen molar-refractivity contribution in [2.45, 2.75) is 13.5 Å². The van der Waals surface area contributed by atoms with Gasteiger partial charge in [-0.05, 0) is 13.0 Å². The highest BCUT2D eigenvalue weighted by molar-refractivity contribution is 7.11. The van der Waals surface area contributed by atoms with E-state index >= 15 is 0 Å². The maximum atomic E-state index is 11.2. The molecule has 0 bridgehead atoms. The van der Waals surface area contributed by atoms with E-state index < -0.39 is 0 Å². The number of hydrogen-bond acceptors (Lipinski definition) is 5. The fraction of sp³-hybridized carbons (Fsp3) is 0.250. The van der Waals surface area contributed by atoms with E-state index in [1.807, 2.05) is 6.92 Å². The molecule has 5 nitrogen and oxygen atoms in total. The predicted molar refractivity (Wildman–Crippen MR) is 52.2 cm³/mol. The average Bonchev–Trinajstić information content (AvgIpc) is 2.56. The molecule has 14 heavy (non-hydrogen) atoms. The lowest BCUT2D eigenvalue weighted by molar-refractivity contribution is 0.714. The van der Waals surface area contributed by atoms with Gasteiger partial charge in [-0.15, -0.1) is 10.2 Å². The number of hydrogen-bond donors (Lipinski definition) is 0. The van der Waals surface area contributed by atoms with Gasteiger partial charge in [0.25, 0.3) is 0 Å². The molecule has 0 fully saturated rings. The first-order valence-electron chi connectivity index (χ1n) is 4.06. The molecule has 0 atom stereocenters. The van der Waals surface area contributed by atoms with E-state index in [4.69, 9.17) is 0 Å². The van der Waals surface area contributed by atoms with Crippen LogP contribution in [0.2, 0.25) is 0 Å². The molecule has 0 radical (unpaired) electrons. The van der Waals surface area contributed by atoms with Crippen molar-refractivity contribution in [3.63, 3.8) is 0 Å². The summed E-state index contributed by atoms with van der Waals surface area (Å²) in [7, 11) is 0. The van der Waals surface area contributed by atoms with E-state index in [1.165, 1.54) is 22.1 Å². The summed E-state index contributed by atoms with van der Waals surface area (Å²) >= 11 is 1.48. The van der Waals surface area contributed by atoms with Crippen molar-refractivity contribution in [2.75, 3.05) is 0 Å². The standard InChI is InChI=1S/C8H8N4OS/c1-6-10-11-7(14-6)5-12-4-2-3-9-8(12)13/h2-4H,5H2,1H3. The number of aryl methyl sites for hydroxylation is 1. The monoisotopic (exact) mass is 208 g/mol. The maximum absolute atomic E-state index is 11.2. The summed E-state index contributed by atoms with van der Waals surface area (Å²) in [5.41, 5.74) is -0.264. The first kappa shape index (κ1) is 9.01. The normalized spacial score (nSPS) is 10.4. The third kappa shape index (κ3) is 1.85. The molecule has 0 spiro atoms. The molecule has 0 aliphatic carbocycles. The van der Waals surface area contributed by atoms with Gasteiger partial charge in [0.15, 0.2) is 0 Å². The Hall–Kier alpha value is -1.56. The fourth-order valence-corrected chi connectivity index (χ4v) is 1.76. The van der Waals surface area contributed by atoms with E-state index in [0.717, 1.165) is 10.0 Å². The minimum absolute atomic E-state index is 0.264. The Bertz CT molecular complexity index is 490. The van der Waals surface area contributed by atoms with Crippen molar-refractivity contribution in [2.24, 2.45) is 0 Å². The first-order valence-corrected chi connectivity index (χ1v) is 4.88. The molecule has 0 aromatic carbocycles. The molecule has 72 valence electrons. The second-order valence-electron chi connectivity index (χ2n) is 2.74. The van der Waals surface area contributed by atoms with Crippen LogP contribution in [0.15, 0.2) is 23.3 Å². The Balaban J connectivity index is 2.27. The molecule has 2 heterocycles. The molecular formula is C8H8N4OS. The molecule has 6 heteroatoms. The van der Waals surface area contributed by atoms with E-state index in [9.17, 15) is 4.79 Å². The molecular weight excluding hydrogens is 200 g/mol. The van der Waals surface area contributed by atoms with Crippen LogP contribution >= 0.6 is 11.3 Å². The Morgan fingerprint density at radius 3 is 3.00 bits per heavy atom. The fourth-order valence-electron chi connectivity index (χ4n) is 1.05. The summed E-state index contributed by atoms with van der Waals surface area (Å²) < 4.78 is 1.50. The largest absolute Gasteiger partial charge is 0.347 e. The van der Waals surface area contributed by atoms with Crippen molar-refractivity contribution in [1.29, 1.82) is 0 Å². The molecule has 0 saturated heterocycles. The molecule has 0 N–H and O–H groups in total. The summed E-state index contributed by atoms with van der Waals surface area (Å²) in [4.78, 5) is 14.9. The second-order valence-corrected chi connectivity index (χ2v) is 4.01. The molecule has 0 amide bonds. The van der Waals surface area contributed by atoms with Gasteiger partial charge < -0.3 is 0 Å². The van der Waals surface area contributed by atoms with Crippen LogP contribution in [0.25, 0.3) is 0 Å². The lowest BCUT2D eigenvalue weighted by Crippen LogP contribution is -2.21. The van der Waals surface area contributed by atoms with Gasteiger partial charge in [0.1, 0.15) is 10.0 Å². The van der Waals surface area contributed by atoms with E-state index in [1.54, 1.807) is 12.3 Å². The number of nitrogens with zero attached hydrogens (tertiary/aromatic N) is 4. The zero-order valence-corrected chi connectivity index (χ0v) is 8.36. The molecule has 0 aliphatic rings. The Morgan fingerprint density at radius 1 is 1.50 bits per heavy atom. The van der Waals surface area contributed by atoms with E-state index in [2.05, 4.69) is 15.2 Å². The predicted octanol–water partition coefficient (Wildman–Crippen LogP) is 0.452. The van der Waals surface area contributed by atoms with Crippen molar-refractivity contribution in [3.05, 3.63) is 39.0 Å². The van der Waals surface area contributed by atoms with Gasteiger partial charge in [-0.2, -0.15) is 0 Å². The number of aromatic nitrogens is 4. The van der Waals surface area contributed by atoms with Gasteiger partial charge in [0.05, 0.1) is 6.54 Å². The van der Waals surface area contributed by atoms with Crippen molar-refractivity contribution in [3.8, 4) is 0 Å². The minimum atomic E-state index is -0.264. The Kier molecular flexibility index (Phi) is 2.36. The second kappa shape index (κ2) is 3.67. The highest BCUT2D eigenvalue weighted by Crippen LogP contribution is 2.08. The highest BCUT2D eigenvalue weighted by atomic mass is 32.1. The van der Waals surface area contributed by atoms with Crippen LogP contribution in [0.3, 0.4) is 0 Å². The van der Waals surface area contributed by atoms with E-state index in [0.29, 0.717) is 6.54 Å². The van der Waals surface area contributed by atoms with Crippen LogP contribution in [-0.2, 0) is 6.54 Å². The van der Waals surface area contributed by atoms with Gasteiger partial charge in [0, 0.05) is 12.4 Å². The summed E-state index contributed by atoms with van der Waals surface area (Å²) in [5.74, 6) is 0. The third-order valence-electron chi connectivity index (χ3n) is 1.66. The smallest absolute Gasteiger partial charge is 0.292 e. The Morgan fingerprint density at radius 2 is 2.36 bits per heavy atom. The maximum Gasteiger partial charge on any atom is 0.347 e. The topological polar surface area (TPSA) is 60.7 Å². The molecule has 2 aromatic rings. The molecule has 2 rings (SSSR count). The van der Waals surface area contributed by atoms with Gasteiger partial charge in [-0.25, -0.2) is 9.78 Å². The van der Waals surface area contributed by atoms with Crippen LogP contribution < -0.4 is 5.69 Å². The molecule has 0 unspecified atom stereocenters. The van der Waals surface area contributed by atoms with Crippen molar-refractivity contribution in [1.82, 2.24) is 19.7 Å².